The third kappa shape index (κ3) is 3.48. The molecule has 3 heterocycles. The first kappa shape index (κ1) is 14.6. The smallest absolute Gasteiger partial charge is 0.311 e. The molecule has 0 aromatic rings. The number of alkyl halides is 3. The topological polar surface area (TPSA) is 15.3 Å². The minimum Gasteiger partial charge on any atom is -0.311 e. The lowest BCUT2D eigenvalue weighted by Crippen LogP contribution is -2.43. The van der Waals surface area contributed by atoms with Gasteiger partial charge in [0.1, 0.15) is 0 Å². The number of hydrogen-bond acceptors (Lipinski definition) is 2. The van der Waals surface area contributed by atoms with Gasteiger partial charge in [-0.15, -0.1) is 0 Å². The molecule has 0 spiro atoms. The molecule has 2 bridgehead atoms. The van der Waals surface area contributed by atoms with E-state index in [0.717, 1.165) is 25.4 Å². The Morgan fingerprint density at radius 3 is 2.40 bits per heavy atom. The van der Waals surface area contributed by atoms with Crippen molar-refractivity contribution < 1.29 is 13.2 Å². The number of hydrogen-bond donors (Lipinski definition) is 1. The van der Waals surface area contributed by atoms with Crippen molar-refractivity contribution in [1.29, 1.82) is 0 Å². The summed E-state index contributed by atoms with van der Waals surface area (Å²) in [5, 5.41) is 3.62. The highest BCUT2D eigenvalue weighted by Crippen LogP contribution is 2.35. The van der Waals surface area contributed by atoms with Crippen molar-refractivity contribution >= 4 is 0 Å². The maximum absolute atomic E-state index is 12.8. The summed E-state index contributed by atoms with van der Waals surface area (Å²) in [7, 11) is 0. The van der Waals surface area contributed by atoms with Crippen molar-refractivity contribution in [3.05, 3.63) is 0 Å². The largest absolute Gasteiger partial charge is 0.393 e. The van der Waals surface area contributed by atoms with Gasteiger partial charge in [-0.25, -0.2) is 0 Å². The number of piperidine rings is 2. The maximum atomic E-state index is 12.8. The molecule has 3 atom stereocenters. The zero-order valence-electron chi connectivity index (χ0n) is 12.0. The van der Waals surface area contributed by atoms with Crippen LogP contribution in [0, 0.1) is 11.8 Å². The molecule has 116 valence electrons. The lowest BCUT2D eigenvalue weighted by molar-refractivity contribution is -0.186. The molecule has 3 fully saturated rings. The Morgan fingerprint density at radius 2 is 1.75 bits per heavy atom. The predicted molar refractivity (Wildman–Crippen MR) is 72.5 cm³/mol. The van der Waals surface area contributed by atoms with Crippen molar-refractivity contribution in [1.82, 2.24) is 10.2 Å². The second-order valence-electron chi connectivity index (χ2n) is 6.95. The molecule has 0 saturated carbocycles. The van der Waals surface area contributed by atoms with Crippen LogP contribution in [0.2, 0.25) is 0 Å². The average Bonchev–Trinajstić information content (AvgIpc) is 2.75. The van der Waals surface area contributed by atoms with Crippen LogP contribution in [0.25, 0.3) is 0 Å². The minimum atomic E-state index is -4.01. The van der Waals surface area contributed by atoms with Gasteiger partial charge in [-0.2, -0.15) is 13.2 Å². The lowest BCUT2D eigenvalue weighted by atomic mass is 9.89. The van der Waals surface area contributed by atoms with Crippen molar-refractivity contribution in [3.8, 4) is 0 Å². The molecular formula is C15H25F3N2. The van der Waals surface area contributed by atoms with Crippen LogP contribution in [-0.4, -0.2) is 42.8 Å². The summed E-state index contributed by atoms with van der Waals surface area (Å²) in [6.07, 6.45) is 3.13. The second-order valence-corrected chi connectivity index (χ2v) is 6.95. The van der Waals surface area contributed by atoms with E-state index in [1.807, 2.05) is 4.90 Å². The summed E-state index contributed by atoms with van der Waals surface area (Å²) >= 11 is 0. The van der Waals surface area contributed by atoms with E-state index in [0.29, 0.717) is 24.9 Å². The van der Waals surface area contributed by atoms with Crippen molar-refractivity contribution in [2.45, 2.75) is 63.2 Å². The standard InChI is InChI=1S/C15H25F3N2/c16-15(17,18)12-2-1-6-20(10-12)7-5-11-8-13-3-4-14(9-11)19-13/h11-14,19H,1-10H2. The van der Waals surface area contributed by atoms with Crippen molar-refractivity contribution in [3.63, 3.8) is 0 Å². The quantitative estimate of drug-likeness (QED) is 0.859. The van der Waals surface area contributed by atoms with Gasteiger partial charge in [0.15, 0.2) is 0 Å². The fourth-order valence-electron chi connectivity index (χ4n) is 4.30. The van der Waals surface area contributed by atoms with Gasteiger partial charge in [0.25, 0.3) is 0 Å². The Labute approximate surface area is 119 Å². The Kier molecular flexibility index (Phi) is 4.27. The monoisotopic (exact) mass is 290 g/mol. The number of halogens is 3. The average molecular weight is 290 g/mol. The maximum Gasteiger partial charge on any atom is 0.393 e. The first-order valence-electron chi connectivity index (χ1n) is 8.06. The fourth-order valence-corrected chi connectivity index (χ4v) is 4.30. The highest BCUT2D eigenvalue weighted by Gasteiger charge is 2.41. The summed E-state index contributed by atoms with van der Waals surface area (Å²) < 4.78 is 38.4. The van der Waals surface area contributed by atoms with Crippen LogP contribution in [0.4, 0.5) is 13.2 Å². The van der Waals surface area contributed by atoms with Gasteiger partial charge in [-0.1, -0.05) is 0 Å². The van der Waals surface area contributed by atoms with Crippen molar-refractivity contribution in [2.75, 3.05) is 19.6 Å². The zero-order valence-corrected chi connectivity index (χ0v) is 12.0. The van der Waals surface area contributed by atoms with Crippen LogP contribution in [-0.2, 0) is 0 Å². The van der Waals surface area contributed by atoms with Gasteiger partial charge in [0.05, 0.1) is 5.92 Å². The van der Waals surface area contributed by atoms with E-state index in [4.69, 9.17) is 0 Å². The van der Waals surface area contributed by atoms with E-state index in [2.05, 4.69) is 5.32 Å². The molecule has 3 saturated heterocycles. The fraction of sp³-hybridized carbons (Fsp3) is 1.00. The SMILES string of the molecule is FC(F)(F)C1CCCN(CCC2CC3CCC(C2)N3)C1. The molecular weight excluding hydrogens is 265 g/mol. The van der Waals surface area contributed by atoms with Gasteiger partial charge in [-0.05, 0) is 64.0 Å². The molecule has 0 aromatic carbocycles. The molecule has 5 heteroatoms. The van der Waals surface area contributed by atoms with Crippen LogP contribution in [0.3, 0.4) is 0 Å². The van der Waals surface area contributed by atoms with Gasteiger partial charge in [0.2, 0.25) is 0 Å². The zero-order chi connectivity index (χ0) is 14.2. The number of fused-ring (bicyclic) bond motifs is 2. The van der Waals surface area contributed by atoms with Crippen LogP contribution < -0.4 is 5.32 Å². The van der Waals surface area contributed by atoms with Crippen LogP contribution in [0.1, 0.15) is 44.9 Å². The Hall–Kier alpha value is -0.290. The second kappa shape index (κ2) is 5.84. The van der Waals surface area contributed by atoms with E-state index < -0.39 is 12.1 Å². The third-order valence-electron chi connectivity index (χ3n) is 5.39. The molecule has 0 aromatic heterocycles. The summed E-state index contributed by atoms with van der Waals surface area (Å²) in [4.78, 5) is 2.05. The summed E-state index contributed by atoms with van der Waals surface area (Å²) in [6.45, 7) is 1.93. The number of rotatable bonds is 3. The molecule has 0 aliphatic carbocycles. The Balaban J connectivity index is 1.44. The van der Waals surface area contributed by atoms with Crippen LogP contribution >= 0.6 is 0 Å². The minimum absolute atomic E-state index is 0.224. The Bertz CT molecular complexity index is 320. The summed E-state index contributed by atoms with van der Waals surface area (Å²) in [6, 6.07) is 1.37. The first-order valence-corrected chi connectivity index (χ1v) is 8.06. The van der Waals surface area contributed by atoms with E-state index >= 15 is 0 Å². The molecule has 3 aliphatic heterocycles. The lowest BCUT2D eigenvalue weighted by Gasteiger charge is -2.35. The summed E-state index contributed by atoms with van der Waals surface area (Å²) in [5.74, 6) is -0.375. The van der Waals surface area contributed by atoms with Gasteiger partial charge in [-0.3, -0.25) is 0 Å². The van der Waals surface area contributed by atoms with E-state index in [1.165, 1.54) is 25.7 Å². The molecule has 1 N–H and O–H groups in total. The van der Waals surface area contributed by atoms with Crippen molar-refractivity contribution in [2.24, 2.45) is 11.8 Å². The van der Waals surface area contributed by atoms with Crippen LogP contribution in [0.5, 0.6) is 0 Å². The molecule has 3 aliphatic rings. The van der Waals surface area contributed by atoms with Gasteiger partial charge < -0.3 is 10.2 Å². The first-order chi connectivity index (χ1) is 9.50. The molecule has 3 unspecified atom stereocenters. The molecule has 0 amide bonds. The molecule has 20 heavy (non-hydrogen) atoms. The Morgan fingerprint density at radius 1 is 1.05 bits per heavy atom. The molecule has 2 nitrogen and oxygen atoms in total. The van der Waals surface area contributed by atoms with E-state index in [-0.39, 0.29) is 6.54 Å². The summed E-state index contributed by atoms with van der Waals surface area (Å²) in [5.41, 5.74) is 0. The molecule has 0 radical (unpaired) electrons. The number of likely N-dealkylation sites (tertiary alicyclic amines) is 1. The highest BCUT2D eigenvalue weighted by atomic mass is 19.4. The molecule has 3 rings (SSSR count). The normalized spacial score (nSPS) is 39.1. The van der Waals surface area contributed by atoms with E-state index in [1.54, 1.807) is 0 Å². The third-order valence-corrected chi connectivity index (χ3v) is 5.39. The van der Waals surface area contributed by atoms with E-state index in [9.17, 15) is 13.2 Å². The number of nitrogens with one attached hydrogen (secondary N) is 1. The highest BCUT2D eigenvalue weighted by molar-refractivity contribution is 4.92. The van der Waals surface area contributed by atoms with Gasteiger partial charge in [0, 0.05) is 18.6 Å². The van der Waals surface area contributed by atoms with Gasteiger partial charge >= 0.3 is 6.18 Å². The number of nitrogens with zero attached hydrogens (tertiary/aromatic N) is 1. The van der Waals surface area contributed by atoms with Crippen LogP contribution in [0.15, 0.2) is 0 Å². The predicted octanol–water partition coefficient (Wildman–Crippen LogP) is 3.18.